The van der Waals surface area contributed by atoms with Gasteiger partial charge in [-0.25, -0.2) is 0 Å². The number of nitrogens with zero attached hydrogens (tertiary/aromatic N) is 2. The molecule has 1 aromatic carbocycles. The topological polar surface area (TPSA) is 32.8 Å². The van der Waals surface area contributed by atoms with Crippen molar-refractivity contribution >= 4 is 17.7 Å². The van der Waals surface area contributed by atoms with Crippen LogP contribution in [0, 0.1) is 11.8 Å². The lowest BCUT2D eigenvalue weighted by Crippen LogP contribution is -2.42. The van der Waals surface area contributed by atoms with Crippen molar-refractivity contribution in [3.05, 3.63) is 29.8 Å². The molecule has 0 spiro atoms. The summed E-state index contributed by atoms with van der Waals surface area (Å²) in [7, 11) is 1.74. The Kier molecular flexibility index (Phi) is 9.49. The van der Waals surface area contributed by atoms with Crippen LogP contribution in [0.5, 0.6) is 5.75 Å². The predicted octanol–water partition coefficient (Wildman–Crippen LogP) is 4.14. The molecule has 1 aromatic rings. The Morgan fingerprint density at radius 1 is 1.30 bits per heavy atom. The van der Waals surface area contributed by atoms with Gasteiger partial charge in [0, 0.05) is 37.4 Å². The molecular weight excluding hydrogens is 356 g/mol. The molecule has 0 aromatic heterocycles. The Morgan fingerprint density at radius 3 is 2.63 bits per heavy atom. The maximum atomic E-state index is 12.6. The third kappa shape index (κ3) is 7.38. The zero-order valence-electron chi connectivity index (χ0n) is 17.4. The van der Waals surface area contributed by atoms with Gasteiger partial charge < -0.3 is 9.64 Å². The van der Waals surface area contributed by atoms with Crippen LogP contribution in [0.15, 0.2) is 24.3 Å². The lowest BCUT2D eigenvalue weighted by molar-refractivity contribution is -0.132. The zero-order chi connectivity index (χ0) is 19.6. The van der Waals surface area contributed by atoms with E-state index < -0.39 is 0 Å². The first-order valence-corrected chi connectivity index (χ1v) is 11.5. The van der Waals surface area contributed by atoms with Gasteiger partial charge in [0.25, 0.3) is 0 Å². The first kappa shape index (κ1) is 22.1. The van der Waals surface area contributed by atoms with Gasteiger partial charge in [-0.05, 0) is 50.1 Å². The molecule has 0 bridgehead atoms. The first-order chi connectivity index (χ1) is 13.0. The summed E-state index contributed by atoms with van der Waals surface area (Å²) in [5.74, 6) is 3.37. The van der Waals surface area contributed by atoms with Crippen molar-refractivity contribution in [2.24, 2.45) is 11.8 Å². The molecule has 0 unspecified atom stereocenters. The van der Waals surface area contributed by atoms with Gasteiger partial charge in [-0.15, -0.1) is 0 Å². The monoisotopic (exact) mass is 392 g/mol. The minimum Gasteiger partial charge on any atom is -0.496 e. The Hall–Kier alpha value is -1.20. The van der Waals surface area contributed by atoms with Crippen LogP contribution in [0.25, 0.3) is 0 Å². The summed E-state index contributed by atoms with van der Waals surface area (Å²) in [4.78, 5) is 17.2. The van der Waals surface area contributed by atoms with Gasteiger partial charge in [-0.2, -0.15) is 11.8 Å². The van der Waals surface area contributed by atoms with Crippen molar-refractivity contribution in [2.75, 3.05) is 45.3 Å². The highest BCUT2D eigenvalue weighted by Crippen LogP contribution is 2.24. The van der Waals surface area contributed by atoms with Gasteiger partial charge in [0.2, 0.25) is 5.91 Å². The van der Waals surface area contributed by atoms with Crippen molar-refractivity contribution in [3.63, 3.8) is 0 Å². The van der Waals surface area contributed by atoms with E-state index in [0.717, 1.165) is 44.2 Å². The third-order valence-electron chi connectivity index (χ3n) is 5.23. The Labute approximate surface area is 169 Å². The highest BCUT2D eigenvalue weighted by molar-refractivity contribution is 7.98. The number of benzene rings is 1. The second kappa shape index (κ2) is 11.6. The van der Waals surface area contributed by atoms with E-state index in [0.29, 0.717) is 24.2 Å². The summed E-state index contributed by atoms with van der Waals surface area (Å²) in [6, 6.07) is 8.28. The van der Waals surface area contributed by atoms with Crippen LogP contribution in [-0.4, -0.2) is 61.0 Å². The molecule has 1 aliphatic rings. The van der Waals surface area contributed by atoms with Gasteiger partial charge in [-0.1, -0.05) is 32.0 Å². The molecule has 152 valence electrons. The molecule has 0 radical (unpaired) electrons. The average Bonchev–Trinajstić information content (AvgIpc) is 2.67. The summed E-state index contributed by atoms with van der Waals surface area (Å²) in [6.07, 6.45) is 5.07. The smallest absolute Gasteiger partial charge is 0.223 e. The van der Waals surface area contributed by atoms with Gasteiger partial charge in [-0.3, -0.25) is 9.69 Å². The molecule has 0 saturated carbocycles. The van der Waals surface area contributed by atoms with Crippen molar-refractivity contribution in [2.45, 2.75) is 39.7 Å². The van der Waals surface area contributed by atoms with E-state index in [9.17, 15) is 4.79 Å². The van der Waals surface area contributed by atoms with E-state index >= 15 is 0 Å². The predicted molar refractivity (Wildman–Crippen MR) is 115 cm³/mol. The number of piperidine rings is 1. The number of amides is 1. The second-order valence-corrected chi connectivity index (χ2v) is 8.95. The maximum absolute atomic E-state index is 12.6. The van der Waals surface area contributed by atoms with Gasteiger partial charge in [0.15, 0.2) is 0 Å². The van der Waals surface area contributed by atoms with E-state index in [4.69, 9.17) is 4.74 Å². The van der Waals surface area contributed by atoms with E-state index in [1.807, 2.05) is 12.1 Å². The van der Waals surface area contributed by atoms with Crippen LogP contribution in [0.4, 0.5) is 0 Å². The molecule has 0 N–H and O–H groups in total. The molecule has 4 nitrogen and oxygen atoms in total. The van der Waals surface area contributed by atoms with Crippen molar-refractivity contribution in [1.29, 1.82) is 0 Å². The summed E-state index contributed by atoms with van der Waals surface area (Å²) < 4.78 is 5.48. The van der Waals surface area contributed by atoms with E-state index in [2.05, 4.69) is 42.0 Å². The normalized spacial score (nSPS) is 15.9. The van der Waals surface area contributed by atoms with E-state index in [1.165, 1.54) is 18.4 Å². The average molecular weight is 393 g/mol. The lowest BCUT2D eigenvalue weighted by atomic mass is 9.95. The molecule has 1 fully saturated rings. The Morgan fingerprint density at radius 2 is 2.00 bits per heavy atom. The Balaban J connectivity index is 1.84. The molecule has 1 heterocycles. The van der Waals surface area contributed by atoms with Crippen LogP contribution in [0.3, 0.4) is 0 Å². The largest absolute Gasteiger partial charge is 0.496 e. The van der Waals surface area contributed by atoms with Gasteiger partial charge in [0.1, 0.15) is 5.75 Å². The second-order valence-electron chi connectivity index (χ2n) is 7.97. The summed E-state index contributed by atoms with van der Waals surface area (Å²) in [5.41, 5.74) is 1.26. The molecule has 1 aliphatic heterocycles. The molecule has 1 amide bonds. The summed E-state index contributed by atoms with van der Waals surface area (Å²) in [5, 5.41) is 0. The van der Waals surface area contributed by atoms with Crippen molar-refractivity contribution in [1.82, 2.24) is 9.80 Å². The molecule has 1 saturated heterocycles. The molecule has 5 heteroatoms. The number of hydrogen-bond acceptors (Lipinski definition) is 4. The maximum Gasteiger partial charge on any atom is 0.223 e. The van der Waals surface area contributed by atoms with Gasteiger partial charge in [0.05, 0.1) is 7.11 Å². The van der Waals surface area contributed by atoms with Crippen LogP contribution >= 0.6 is 11.8 Å². The van der Waals surface area contributed by atoms with E-state index in [-0.39, 0.29) is 0 Å². The number of hydrogen-bond donors (Lipinski definition) is 0. The summed E-state index contributed by atoms with van der Waals surface area (Å²) >= 11 is 1.75. The fourth-order valence-corrected chi connectivity index (χ4v) is 4.16. The number of rotatable bonds is 10. The minimum atomic E-state index is 0.328. The number of ether oxygens (including phenoxy) is 1. The standard InChI is InChI=1S/C22H36N2O2S/c1-18(2)15-24(22(25)11-14-27-4)16-19-9-12-23(13-10-19)17-20-7-5-6-8-21(20)26-3/h5-8,18-19H,9-17H2,1-4H3. The fourth-order valence-electron chi connectivity index (χ4n) is 3.78. The number of carbonyl (C=O) groups is 1. The van der Waals surface area contributed by atoms with Gasteiger partial charge >= 0.3 is 0 Å². The number of likely N-dealkylation sites (tertiary alicyclic amines) is 1. The fraction of sp³-hybridized carbons (Fsp3) is 0.682. The van der Waals surface area contributed by atoms with Crippen molar-refractivity contribution < 1.29 is 9.53 Å². The van der Waals surface area contributed by atoms with E-state index in [1.54, 1.807) is 18.9 Å². The highest BCUT2D eigenvalue weighted by Gasteiger charge is 2.24. The number of methoxy groups -OCH3 is 1. The first-order valence-electron chi connectivity index (χ1n) is 10.1. The third-order valence-corrected chi connectivity index (χ3v) is 5.84. The summed E-state index contributed by atoms with van der Waals surface area (Å²) in [6.45, 7) is 9.34. The van der Waals surface area contributed by atoms with Crippen LogP contribution in [0.2, 0.25) is 0 Å². The lowest BCUT2D eigenvalue weighted by Gasteiger charge is -2.35. The number of thioether (sulfide) groups is 1. The molecular formula is C22H36N2O2S. The SMILES string of the molecule is COc1ccccc1CN1CCC(CN(CC(C)C)C(=O)CCSC)CC1. The molecule has 27 heavy (non-hydrogen) atoms. The van der Waals surface area contributed by atoms with Crippen LogP contribution < -0.4 is 4.74 Å². The van der Waals surface area contributed by atoms with Crippen LogP contribution in [-0.2, 0) is 11.3 Å². The molecule has 0 atom stereocenters. The number of para-hydroxylation sites is 1. The van der Waals surface area contributed by atoms with Crippen molar-refractivity contribution in [3.8, 4) is 5.75 Å². The molecule has 2 rings (SSSR count). The quantitative estimate of drug-likeness (QED) is 0.599. The van der Waals surface area contributed by atoms with Crippen LogP contribution in [0.1, 0.15) is 38.7 Å². The number of carbonyl (C=O) groups excluding carboxylic acids is 1. The highest BCUT2D eigenvalue weighted by atomic mass is 32.2. The molecule has 0 aliphatic carbocycles. The zero-order valence-corrected chi connectivity index (χ0v) is 18.3. The Bertz CT molecular complexity index is 571. The minimum absolute atomic E-state index is 0.328.